The Kier molecular flexibility index (Phi) is 4.07. The molecule has 0 bridgehead atoms. The first kappa shape index (κ1) is 13.4. The van der Waals surface area contributed by atoms with E-state index in [9.17, 15) is 9.59 Å². The van der Waals surface area contributed by atoms with Gasteiger partial charge in [-0.25, -0.2) is 0 Å². The molecule has 1 aromatic heterocycles. The zero-order valence-electron chi connectivity index (χ0n) is 10.5. The van der Waals surface area contributed by atoms with Crippen LogP contribution in [-0.4, -0.2) is 23.6 Å². The monoisotopic (exact) mass is 237 g/mol. The van der Waals surface area contributed by atoms with Crippen LogP contribution >= 0.6 is 0 Å². The third-order valence-corrected chi connectivity index (χ3v) is 2.69. The number of carbonyl (C=O) groups is 1. The average Bonchev–Trinajstić information content (AvgIpc) is 2.25. The minimum absolute atomic E-state index is 0.183. The molecule has 0 radical (unpaired) electrons. The van der Waals surface area contributed by atoms with Crippen LogP contribution in [-0.2, 0) is 10.3 Å². The number of nitrogens with zero attached hydrogens (tertiary/aromatic N) is 1. The minimum Gasteiger partial charge on any atom is -0.353 e. The lowest BCUT2D eigenvalue weighted by molar-refractivity contribution is -0.128. The van der Waals surface area contributed by atoms with Gasteiger partial charge in [-0.15, -0.1) is 0 Å². The lowest BCUT2D eigenvalue weighted by atomic mass is 10.0. The van der Waals surface area contributed by atoms with Crippen molar-refractivity contribution in [1.29, 1.82) is 0 Å². The molecule has 1 amide bonds. The van der Waals surface area contributed by atoms with Gasteiger partial charge in [0.1, 0.15) is 5.54 Å². The maximum atomic E-state index is 12.0. The van der Waals surface area contributed by atoms with Crippen molar-refractivity contribution in [2.45, 2.75) is 26.3 Å². The van der Waals surface area contributed by atoms with Crippen molar-refractivity contribution in [3.63, 3.8) is 0 Å². The smallest absolute Gasteiger partial charge is 0.251 e. The first-order valence-corrected chi connectivity index (χ1v) is 5.58. The topological polar surface area (TPSA) is 77.1 Å². The second-order valence-corrected chi connectivity index (χ2v) is 4.44. The Morgan fingerprint density at radius 3 is 2.65 bits per heavy atom. The standard InChI is InChI=1S/C12H19N3O2/c1-9-5-4-6-10(16)15(9)12(2,3)11(17)14-8-7-13/h4-6H,7-8,13H2,1-3H3,(H,14,17). The number of rotatable bonds is 4. The van der Waals surface area contributed by atoms with Gasteiger partial charge in [0.25, 0.3) is 5.56 Å². The highest BCUT2D eigenvalue weighted by molar-refractivity contribution is 5.83. The van der Waals surface area contributed by atoms with Crippen LogP contribution in [0, 0.1) is 6.92 Å². The summed E-state index contributed by atoms with van der Waals surface area (Å²) in [6.07, 6.45) is 0. The van der Waals surface area contributed by atoms with Crippen molar-refractivity contribution >= 4 is 5.91 Å². The average molecular weight is 237 g/mol. The van der Waals surface area contributed by atoms with Crippen LogP contribution in [0.25, 0.3) is 0 Å². The Balaban J connectivity index is 3.12. The summed E-state index contributed by atoms with van der Waals surface area (Å²) >= 11 is 0. The van der Waals surface area contributed by atoms with E-state index in [-0.39, 0.29) is 11.5 Å². The summed E-state index contributed by atoms with van der Waals surface area (Å²) in [5, 5.41) is 2.70. The van der Waals surface area contributed by atoms with E-state index < -0.39 is 5.54 Å². The maximum absolute atomic E-state index is 12.0. The van der Waals surface area contributed by atoms with Gasteiger partial charge in [0, 0.05) is 24.8 Å². The van der Waals surface area contributed by atoms with Crippen molar-refractivity contribution in [3.8, 4) is 0 Å². The number of amides is 1. The highest BCUT2D eigenvalue weighted by Crippen LogP contribution is 2.14. The van der Waals surface area contributed by atoms with Gasteiger partial charge < -0.3 is 11.1 Å². The number of aryl methyl sites for hydroxylation is 1. The largest absolute Gasteiger partial charge is 0.353 e. The summed E-state index contributed by atoms with van der Waals surface area (Å²) in [4.78, 5) is 23.8. The fourth-order valence-corrected chi connectivity index (χ4v) is 1.81. The number of hydrogen-bond donors (Lipinski definition) is 2. The van der Waals surface area contributed by atoms with E-state index in [2.05, 4.69) is 5.32 Å². The molecule has 0 aliphatic rings. The first-order valence-electron chi connectivity index (χ1n) is 5.58. The van der Waals surface area contributed by atoms with E-state index in [1.165, 1.54) is 10.6 Å². The number of carbonyl (C=O) groups excluding carboxylic acids is 1. The van der Waals surface area contributed by atoms with Crippen LogP contribution in [0.2, 0.25) is 0 Å². The molecule has 94 valence electrons. The Morgan fingerprint density at radius 1 is 1.47 bits per heavy atom. The molecule has 0 aliphatic heterocycles. The number of aromatic nitrogens is 1. The van der Waals surface area contributed by atoms with Gasteiger partial charge in [-0.3, -0.25) is 14.2 Å². The SMILES string of the molecule is Cc1cccc(=O)n1C(C)(C)C(=O)NCCN. The van der Waals surface area contributed by atoms with Crippen molar-refractivity contribution in [1.82, 2.24) is 9.88 Å². The molecule has 0 saturated carbocycles. The summed E-state index contributed by atoms with van der Waals surface area (Å²) in [6.45, 7) is 6.02. The minimum atomic E-state index is -0.919. The van der Waals surface area contributed by atoms with Crippen LogP contribution in [0.5, 0.6) is 0 Å². The summed E-state index contributed by atoms with van der Waals surface area (Å²) in [6, 6.07) is 4.94. The number of nitrogens with one attached hydrogen (secondary N) is 1. The fourth-order valence-electron chi connectivity index (χ4n) is 1.81. The molecule has 5 heteroatoms. The summed E-state index contributed by atoms with van der Waals surface area (Å²) in [5.41, 5.74) is 4.99. The van der Waals surface area contributed by atoms with Crippen molar-refractivity contribution < 1.29 is 4.79 Å². The number of hydrogen-bond acceptors (Lipinski definition) is 3. The zero-order chi connectivity index (χ0) is 13.1. The molecule has 1 rings (SSSR count). The van der Waals surface area contributed by atoms with E-state index in [0.717, 1.165) is 5.69 Å². The summed E-state index contributed by atoms with van der Waals surface area (Å²) < 4.78 is 1.48. The number of nitrogens with two attached hydrogens (primary N) is 1. The molecule has 1 aromatic rings. The molecule has 0 atom stereocenters. The van der Waals surface area contributed by atoms with Crippen LogP contribution in [0.1, 0.15) is 19.5 Å². The van der Waals surface area contributed by atoms with E-state index in [1.807, 2.05) is 0 Å². The van der Waals surface area contributed by atoms with Gasteiger partial charge in [0.05, 0.1) is 0 Å². The van der Waals surface area contributed by atoms with E-state index in [0.29, 0.717) is 13.1 Å². The molecule has 5 nitrogen and oxygen atoms in total. The van der Waals surface area contributed by atoms with Gasteiger partial charge in [-0.05, 0) is 26.8 Å². The Bertz CT molecular complexity index is 463. The second kappa shape index (κ2) is 5.14. The maximum Gasteiger partial charge on any atom is 0.251 e. The van der Waals surface area contributed by atoms with Gasteiger partial charge in [-0.2, -0.15) is 0 Å². The molecule has 17 heavy (non-hydrogen) atoms. The van der Waals surface area contributed by atoms with Crippen LogP contribution in [0.4, 0.5) is 0 Å². The lowest BCUT2D eigenvalue weighted by Gasteiger charge is -2.28. The van der Waals surface area contributed by atoms with Crippen molar-refractivity contribution in [2.75, 3.05) is 13.1 Å². The Hall–Kier alpha value is -1.62. The van der Waals surface area contributed by atoms with Gasteiger partial charge in [-0.1, -0.05) is 6.07 Å². The molecule has 1 heterocycles. The molecular weight excluding hydrogens is 218 g/mol. The molecule has 0 spiro atoms. The summed E-state index contributed by atoms with van der Waals surface area (Å²) in [7, 11) is 0. The normalized spacial score (nSPS) is 11.3. The van der Waals surface area contributed by atoms with Crippen molar-refractivity contribution in [2.24, 2.45) is 5.73 Å². The molecule has 0 fully saturated rings. The fraction of sp³-hybridized carbons (Fsp3) is 0.500. The van der Waals surface area contributed by atoms with E-state index in [4.69, 9.17) is 5.73 Å². The molecule has 0 aliphatic carbocycles. The Labute approximate surface area is 101 Å². The third kappa shape index (κ3) is 2.74. The third-order valence-electron chi connectivity index (χ3n) is 2.69. The predicted molar refractivity (Wildman–Crippen MR) is 66.8 cm³/mol. The van der Waals surface area contributed by atoms with E-state index in [1.54, 1.807) is 32.9 Å². The van der Waals surface area contributed by atoms with Gasteiger partial charge in [0.2, 0.25) is 5.91 Å². The molecular formula is C12H19N3O2. The van der Waals surface area contributed by atoms with Crippen LogP contribution in [0.3, 0.4) is 0 Å². The van der Waals surface area contributed by atoms with E-state index >= 15 is 0 Å². The van der Waals surface area contributed by atoms with Crippen molar-refractivity contribution in [3.05, 3.63) is 34.2 Å². The second-order valence-electron chi connectivity index (χ2n) is 4.44. The quantitative estimate of drug-likeness (QED) is 0.772. The molecule has 3 N–H and O–H groups in total. The first-order chi connectivity index (χ1) is 7.91. The molecule has 0 unspecified atom stereocenters. The van der Waals surface area contributed by atoms with Gasteiger partial charge in [0.15, 0.2) is 0 Å². The highest BCUT2D eigenvalue weighted by atomic mass is 16.2. The van der Waals surface area contributed by atoms with Crippen LogP contribution < -0.4 is 16.6 Å². The highest BCUT2D eigenvalue weighted by Gasteiger charge is 2.30. The zero-order valence-corrected chi connectivity index (χ0v) is 10.5. The molecule has 0 saturated heterocycles. The lowest BCUT2D eigenvalue weighted by Crippen LogP contribution is -2.50. The van der Waals surface area contributed by atoms with Crippen LogP contribution in [0.15, 0.2) is 23.0 Å². The summed E-state index contributed by atoms with van der Waals surface area (Å²) in [5.74, 6) is -0.209. The van der Waals surface area contributed by atoms with Gasteiger partial charge >= 0.3 is 0 Å². The predicted octanol–water partition coefficient (Wildman–Crippen LogP) is -0.0333. The molecule has 0 aromatic carbocycles. The Morgan fingerprint density at radius 2 is 2.12 bits per heavy atom. The number of pyridine rings is 1.